The van der Waals surface area contributed by atoms with E-state index in [1.54, 1.807) is 32.2 Å². The minimum atomic E-state index is -0.846. The SMILES string of the molecule is CCCC(C)(N)C(=O)Nc1ccc(OC)c(Br)c1. The lowest BCUT2D eigenvalue weighted by molar-refractivity contribution is -0.120. The zero-order chi connectivity index (χ0) is 13.8. The molecule has 0 bridgehead atoms. The topological polar surface area (TPSA) is 64.4 Å². The third-order valence-electron chi connectivity index (χ3n) is 2.70. The Morgan fingerprint density at radius 1 is 1.56 bits per heavy atom. The first-order chi connectivity index (χ1) is 8.40. The summed E-state index contributed by atoms with van der Waals surface area (Å²) in [7, 11) is 1.59. The number of benzene rings is 1. The summed E-state index contributed by atoms with van der Waals surface area (Å²) < 4.78 is 5.92. The first-order valence-corrected chi connectivity index (χ1v) is 6.64. The average Bonchev–Trinajstić information content (AvgIpc) is 2.29. The highest BCUT2D eigenvalue weighted by atomic mass is 79.9. The molecular weight excluding hydrogens is 296 g/mol. The predicted octanol–water partition coefficient (Wildman–Crippen LogP) is 2.91. The van der Waals surface area contributed by atoms with Gasteiger partial charge in [-0.3, -0.25) is 4.79 Å². The van der Waals surface area contributed by atoms with Crippen LogP contribution < -0.4 is 15.8 Å². The number of carbonyl (C=O) groups excluding carboxylic acids is 1. The summed E-state index contributed by atoms with van der Waals surface area (Å²) in [6.45, 7) is 3.74. The Morgan fingerprint density at radius 2 is 2.22 bits per heavy atom. The van der Waals surface area contributed by atoms with Gasteiger partial charge in [-0.2, -0.15) is 0 Å². The van der Waals surface area contributed by atoms with Crippen LogP contribution in [0.1, 0.15) is 26.7 Å². The van der Waals surface area contributed by atoms with E-state index in [1.807, 2.05) is 6.92 Å². The predicted molar refractivity (Wildman–Crippen MR) is 76.8 cm³/mol. The number of amides is 1. The van der Waals surface area contributed by atoms with E-state index in [1.165, 1.54) is 0 Å². The maximum atomic E-state index is 12.0. The Morgan fingerprint density at radius 3 is 2.72 bits per heavy atom. The van der Waals surface area contributed by atoms with Gasteiger partial charge in [-0.15, -0.1) is 0 Å². The van der Waals surface area contributed by atoms with Crippen LogP contribution in [0.5, 0.6) is 5.75 Å². The highest BCUT2D eigenvalue weighted by Crippen LogP contribution is 2.28. The summed E-state index contributed by atoms with van der Waals surface area (Å²) in [6, 6.07) is 5.36. The molecule has 0 heterocycles. The summed E-state index contributed by atoms with van der Waals surface area (Å²) >= 11 is 3.37. The molecule has 1 rings (SSSR count). The van der Waals surface area contributed by atoms with Gasteiger partial charge in [-0.25, -0.2) is 0 Å². The third kappa shape index (κ3) is 3.71. The second kappa shape index (κ2) is 6.20. The molecule has 18 heavy (non-hydrogen) atoms. The summed E-state index contributed by atoms with van der Waals surface area (Å²) in [5.74, 6) is 0.540. The van der Waals surface area contributed by atoms with Crippen LogP contribution in [-0.2, 0) is 4.79 Å². The third-order valence-corrected chi connectivity index (χ3v) is 3.32. The Hall–Kier alpha value is -1.07. The Labute approximate surface area is 116 Å². The first-order valence-electron chi connectivity index (χ1n) is 5.84. The molecule has 4 nitrogen and oxygen atoms in total. The van der Waals surface area contributed by atoms with Crippen molar-refractivity contribution >= 4 is 27.5 Å². The number of halogens is 1. The van der Waals surface area contributed by atoms with E-state index in [0.717, 1.165) is 16.6 Å². The van der Waals surface area contributed by atoms with Crippen LogP contribution in [0.3, 0.4) is 0 Å². The second-order valence-electron chi connectivity index (χ2n) is 4.47. The van der Waals surface area contributed by atoms with Crippen LogP contribution in [0.2, 0.25) is 0 Å². The largest absolute Gasteiger partial charge is 0.496 e. The first kappa shape index (κ1) is 15.0. The van der Waals surface area contributed by atoms with Gasteiger partial charge in [0.1, 0.15) is 5.75 Å². The Bertz CT molecular complexity index is 433. The molecule has 0 aliphatic rings. The number of hydrogen-bond acceptors (Lipinski definition) is 3. The zero-order valence-electron chi connectivity index (χ0n) is 10.9. The van der Waals surface area contributed by atoms with Gasteiger partial charge in [-0.1, -0.05) is 13.3 Å². The van der Waals surface area contributed by atoms with Gasteiger partial charge in [0.15, 0.2) is 0 Å². The normalized spacial score (nSPS) is 13.8. The number of carbonyl (C=O) groups is 1. The van der Waals surface area contributed by atoms with E-state index in [-0.39, 0.29) is 5.91 Å². The van der Waals surface area contributed by atoms with E-state index in [4.69, 9.17) is 10.5 Å². The van der Waals surface area contributed by atoms with Crippen molar-refractivity contribution in [2.24, 2.45) is 5.73 Å². The molecule has 0 saturated carbocycles. The summed E-state index contributed by atoms with van der Waals surface area (Å²) in [5.41, 5.74) is 5.81. The van der Waals surface area contributed by atoms with Gasteiger partial charge in [0.25, 0.3) is 0 Å². The van der Waals surface area contributed by atoms with Crippen molar-refractivity contribution in [3.8, 4) is 5.75 Å². The molecule has 1 aromatic carbocycles. The van der Waals surface area contributed by atoms with Gasteiger partial charge in [0.2, 0.25) is 5.91 Å². The molecule has 3 N–H and O–H groups in total. The average molecular weight is 315 g/mol. The standard InChI is InChI=1S/C13H19BrN2O2/c1-4-7-13(2,15)12(17)16-9-5-6-11(18-3)10(14)8-9/h5-6,8H,4,7,15H2,1-3H3,(H,16,17). The van der Waals surface area contributed by atoms with E-state index in [9.17, 15) is 4.79 Å². The smallest absolute Gasteiger partial charge is 0.244 e. The fourth-order valence-corrected chi connectivity index (χ4v) is 2.19. The number of ether oxygens (including phenoxy) is 1. The van der Waals surface area contributed by atoms with Gasteiger partial charge >= 0.3 is 0 Å². The molecule has 100 valence electrons. The fraction of sp³-hybridized carbons (Fsp3) is 0.462. The lowest BCUT2D eigenvalue weighted by Crippen LogP contribution is -2.48. The van der Waals surface area contributed by atoms with E-state index >= 15 is 0 Å². The molecule has 5 heteroatoms. The lowest BCUT2D eigenvalue weighted by Gasteiger charge is -2.23. The van der Waals surface area contributed by atoms with Crippen LogP contribution >= 0.6 is 15.9 Å². The molecule has 1 unspecified atom stereocenters. The minimum Gasteiger partial charge on any atom is -0.496 e. The number of anilines is 1. The van der Waals surface area contributed by atoms with Crippen molar-refractivity contribution in [1.29, 1.82) is 0 Å². The molecule has 0 aromatic heterocycles. The van der Waals surface area contributed by atoms with Crippen LogP contribution in [0.25, 0.3) is 0 Å². The fourth-order valence-electron chi connectivity index (χ4n) is 1.65. The Kier molecular flexibility index (Phi) is 5.16. The molecule has 0 spiro atoms. The molecule has 1 aromatic rings. The number of methoxy groups -OCH3 is 1. The number of nitrogens with two attached hydrogens (primary N) is 1. The minimum absolute atomic E-state index is 0.179. The van der Waals surface area contributed by atoms with Crippen molar-refractivity contribution in [1.82, 2.24) is 0 Å². The zero-order valence-corrected chi connectivity index (χ0v) is 12.5. The van der Waals surface area contributed by atoms with E-state index < -0.39 is 5.54 Å². The van der Waals surface area contributed by atoms with Crippen molar-refractivity contribution in [2.45, 2.75) is 32.2 Å². The molecule has 0 aliphatic heterocycles. The maximum absolute atomic E-state index is 12.0. The van der Waals surface area contributed by atoms with Crippen molar-refractivity contribution in [3.05, 3.63) is 22.7 Å². The number of hydrogen-bond donors (Lipinski definition) is 2. The molecule has 0 saturated heterocycles. The molecule has 1 amide bonds. The molecule has 0 radical (unpaired) electrons. The van der Waals surface area contributed by atoms with Crippen LogP contribution in [0, 0.1) is 0 Å². The number of nitrogens with one attached hydrogen (secondary N) is 1. The molecule has 1 atom stereocenters. The highest BCUT2D eigenvalue weighted by Gasteiger charge is 2.27. The second-order valence-corrected chi connectivity index (χ2v) is 5.33. The van der Waals surface area contributed by atoms with E-state index in [0.29, 0.717) is 12.1 Å². The molecule has 0 aliphatic carbocycles. The van der Waals surface area contributed by atoms with Crippen LogP contribution in [-0.4, -0.2) is 18.6 Å². The highest BCUT2D eigenvalue weighted by molar-refractivity contribution is 9.10. The monoisotopic (exact) mass is 314 g/mol. The lowest BCUT2D eigenvalue weighted by atomic mass is 9.96. The number of rotatable bonds is 5. The summed E-state index contributed by atoms with van der Waals surface area (Å²) in [4.78, 5) is 12.0. The quantitative estimate of drug-likeness (QED) is 0.878. The van der Waals surface area contributed by atoms with Crippen molar-refractivity contribution in [2.75, 3.05) is 12.4 Å². The van der Waals surface area contributed by atoms with Crippen molar-refractivity contribution < 1.29 is 9.53 Å². The van der Waals surface area contributed by atoms with Gasteiger partial charge < -0.3 is 15.8 Å². The van der Waals surface area contributed by atoms with Crippen molar-refractivity contribution in [3.63, 3.8) is 0 Å². The van der Waals surface area contributed by atoms with E-state index in [2.05, 4.69) is 21.2 Å². The van der Waals surface area contributed by atoms with Crippen LogP contribution in [0.15, 0.2) is 22.7 Å². The Balaban J connectivity index is 2.79. The molecular formula is C13H19BrN2O2. The van der Waals surface area contributed by atoms with Gasteiger partial charge in [0, 0.05) is 5.69 Å². The molecule has 0 fully saturated rings. The van der Waals surface area contributed by atoms with Gasteiger partial charge in [0.05, 0.1) is 17.1 Å². The van der Waals surface area contributed by atoms with Gasteiger partial charge in [-0.05, 0) is 47.5 Å². The summed E-state index contributed by atoms with van der Waals surface area (Å²) in [5, 5.41) is 2.81. The van der Waals surface area contributed by atoms with Crippen LogP contribution in [0.4, 0.5) is 5.69 Å². The maximum Gasteiger partial charge on any atom is 0.244 e. The summed E-state index contributed by atoms with van der Waals surface area (Å²) in [6.07, 6.45) is 1.52.